The molecule has 8 nitrogen and oxygen atoms in total. The van der Waals surface area contributed by atoms with E-state index in [0.717, 1.165) is 43.9 Å². The summed E-state index contributed by atoms with van der Waals surface area (Å²) in [7, 11) is 0. The smallest absolute Gasteiger partial charge is 0.224 e. The van der Waals surface area contributed by atoms with Gasteiger partial charge in [0.2, 0.25) is 11.8 Å². The number of nitrogens with zero attached hydrogens (tertiary/aromatic N) is 5. The van der Waals surface area contributed by atoms with Crippen molar-refractivity contribution in [2.24, 2.45) is 5.92 Å². The van der Waals surface area contributed by atoms with E-state index in [-0.39, 0.29) is 11.8 Å². The minimum absolute atomic E-state index is 0.0180. The summed E-state index contributed by atoms with van der Waals surface area (Å²) in [5, 5.41) is 11.4. The van der Waals surface area contributed by atoms with Crippen molar-refractivity contribution >= 4 is 17.5 Å². The van der Waals surface area contributed by atoms with Crippen LogP contribution in [-0.2, 0) is 22.7 Å². The molecule has 0 aromatic carbocycles. The average Bonchev–Trinajstić information content (AvgIpc) is 3.28. The van der Waals surface area contributed by atoms with Crippen molar-refractivity contribution in [2.45, 2.75) is 52.6 Å². The fourth-order valence-corrected chi connectivity index (χ4v) is 3.42. The monoisotopic (exact) mass is 372 g/mol. The van der Waals surface area contributed by atoms with Crippen LogP contribution in [0.1, 0.15) is 38.3 Å². The maximum atomic E-state index is 12.4. The first-order valence-electron chi connectivity index (χ1n) is 9.63. The van der Waals surface area contributed by atoms with Gasteiger partial charge in [0.25, 0.3) is 0 Å². The number of nitrogens with one attached hydrogen (secondary N) is 1. The molecule has 0 aliphatic carbocycles. The summed E-state index contributed by atoms with van der Waals surface area (Å²) in [5.74, 6) is 0.506. The lowest BCUT2D eigenvalue weighted by Crippen LogP contribution is -2.39. The molecule has 2 aromatic heterocycles. The van der Waals surface area contributed by atoms with Crippen LogP contribution in [0.25, 0.3) is 0 Å². The summed E-state index contributed by atoms with van der Waals surface area (Å²) in [6, 6.07) is 1.94. The van der Waals surface area contributed by atoms with Crippen LogP contribution < -0.4 is 5.32 Å². The average molecular weight is 372 g/mol. The van der Waals surface area contributed by atoms with Crippen molar-refractivity contribution in [1.82, 2.24) is 24.5 Å². The van der Waals surface area contributed by atoms with Gasteiger partial charge in [-0.05, 0) is 38.7 Å². The third kappa shape index (κ3) is 5.42. The second-order valence-corrected chi connectivity index (χ2v) is 7.13. The molecular formula is C19H28N6O2. The summed E-state index contributed by atoms with van der Waals surface area (Å²) in [4.78, 5) is 26.5. The van der Waals surface area contributed by atoms with E-state index in [1.165, 1.54) is 0 Å². The van der Waals surface area contributed by atoms with Gasteiger partial charge in [-0.3, -0.25) is 19.0 Å². The Morgan fingerprint density at radius 1 is 1.26 bits per heavy atom. The van der Waals surface area contributed by atoms with Gasteiger partial charge in [-0.15, -0.1) is 0 Å². The molecule has 1 fully saturated rings. The number of aromatic nitrogens is 4. The third-order valence-electron chi connectivity index (χ3n) is 5.01. The zero-order chi connectivity index (χ0) is 19.2. The fourth-order valence-electron chi connectivity index (χ4n) is 3.42. The minimum atomic E-state index is 0.0180. The SMILES string of the molecule is CCn1cc(NC(=O)CC2CCN(C(=O)CCn3ccc(C)n3)CC2)cn1. The molecule has 8 heteroatoms. The molecule has 2 aromatic rings. The molecule has 0 bridgehead atoms. The molecule has 0 radical (unpaired) electrons. The van der Waals surface area contributed by atoms with E-state index >= 15 is 0 Å². The standard InChI is InChI=1S/C19H28N6O2/c1-3-24-14-17(13-20-24)21-18(26)12-16-5-8-23(9-6-16)19(27)7-11-25-10-4-15(2)22-25/h4,10,13-14,16H,3,5-9,11-12H2,1-2H3,(H,21,26). The Hall–Kier alpha value is -2.64. The number of hydrogen-bond donors (Lipinski definition) is 1. The number of anilines is 1. The molecule has 2 amide bonds. The number of hydrogen-bond acceptors (Lipinski definition) is 4. The molecule has 1 N–H and O–H groups in total. The van der Waals surface area contributed by atoms with E-state index < -0.39 is 0 Å². The molecule has 1 aliphatic rings. The molecule has 27 heavy (non-hydrogen) atoms. The first-order chi connectivity index (χ1) is 13.0. The van der Waals surface area contributed by atoms with Crippen LogP contribution in [0.4, 0.5) is 5.69 Å². The first-order valence-corrected chi connectivity index (χ1v) is 9.63. The predicted molar refractivity (Wildman–Crippen MR) is 102 cm³/mol. The van der Waals surface area contributed by atoms with Gasteiger partial charge in [-0.2, -0.15) is 10.2 Å². The predicted octanol–water partition coefficient (Wildman–Crippen LogP) is 2.07. The summed E-state index contributed by atoms with van der Waals surface area (Å²) in [5.41, 5.74) is 1.70. The Kier molecular flexibility index (Phi) is 6.26. The van der Waals surface area contributed by atoms with Crippen molar-refractivity contribution in [3.63, 3.8) is 0 Å². The second-order valence-electron chi connectivity index (χ2n) is 7.13. The van der Waals surface area contributed by atoms with Crippen LogP contribution in [0.5, 0.6) is 0 Å². The van der Waals surface area contributed by atoms with E-state index in [0.29, 0.717) is 25.3 Å². The molecule has 1 saturated heterocycles. The van der Waals surface area contributed by atoms with Gasteiger partial charge in [-0.25, -0.2) is 0 Å². The highest BCUT2D eigenvalue weighted by Crippen LogP contribution is 2.22. The molecule has 0 unspecified atom stereocenters. The minimum Gasteiger partial charge on any atom is -0.343 e. The quantitative estimate of drug-likeness (QED) is 0.806. The van der Waals surface area contributed by atoms with E-state index in [2.05, 4.69) is 15.5 Å². The highest BCUT2D eigenvalue weighted by molar-refractivity contribution is 5.90. The van der Waals surface area contributed by atoms with Gasteiger partial charge in [0.05, 0.1) is 17.6 Å². The molecule has 3 rings (SSSR count). The normalized spacial score (nSPS) is 15.1. The van der Waals surface area contributed by atoms with Crippen molar-refractivity contribution in [2.75, 3.05) is 18.4 Å². The summed E-state index contributed by atoms with van der Waals surface area (Å²) >= 11 is 0. The van der Waals surface area contributed by atoms with Gasteiger partial charge in [0.15, 0.2) is 0 Å². The number of rotatable bonds is 7. The highest BCUT2D eigenvalue weighted by atomic mass is 16.2. The molecule has 0 saturated carbocycles. The lowest BCUT2D eigenvalue weighted by Gasteiger charge is -2.31. The number of carbonyl (C=O) groups is 2. The molecule has 1 aliphatic heterocycles. The van der Waals surface area contributed by atoms with Crippen molar-refractivity contribution in [1.29, 1.82) is 0 Å². The summed E-state index contributed by atoms with van der Waals surface area (Å²) in [6.45, 7) is 6.78. The van der Waals surface area contributed by atoms with Gasteiger partial charge >= 0.3 is 0 Å². The van der Waals surface area contributed by atoms with Crippen LogP contribution in [-0.4, -0.2) is 49.4 Å². The lowest BCUT2D eigenvalue weighted by molar-refractivity contribution is -0.132. The van der Waals surface area contributed by atoms with Crippen molar-refractivity contribution in [3.8, 4) is 0 Å². The number of amides is 2. The Labute approximate surface area is 159 Å². The van der Waals surface area contributed by atoms with E-state index in [1.807, 2.05) is 41.9 Å². The van der Waals surface area contributed by atoms with Crippen LogP contribution >= 0.6 is 0 Å². The summed E-state index contributed by atoms with van der Waals surface area (Å²) in [6.07, 6.45) is 8.10. The van der Waals surface area contributed by atoms with Gasteiger partial charge in [-0.1, -0.05) is 0 Å². The molecular weight excluding hydrogens is 344 g/mol. The van der Waals surface area contributed by atoms with Gasteiger partial charge in [0.1, 0.15) is 0 Å². The molecule has 146 valence electrons. The highest BCUT2D eigenvalue weighted by Gasteiger charge is 2.24. The first kappa shape index (κ1) is 19.1. The largest absolute Gasteiger partial charge is 0.343 e. The van der Waals surface area contributed by atoms with E-state index in [4.69, 9.17) is 0 Å². The van der Waals surface area contributed by atoms with E-state index in [1.54, 1.807) is 10.9 Å². The number of piperidine rings is 1. The van der Waals surface area contributed by atoms with Gasteiger partial charge < -0.3 is 10.2 Å². The Morgan fingerprint density at radius 3 is 2.67 bits per heavy atom. The molecule has 3 heterocycles. The topological polar surface area (TPSA) is 85.0 Å². The fraction of sp³-hybridized carbons (Fsp3) is 0.579. The number of carbonyl (C=O) groups excluding carboxylic acids is 2. The number of aryl methyl sites for hydroxylation is 3. The zero-order valence-electron chi connectivity index (χ0n) is 16.1. The Bertz CT molecular complexity index is 773. The second kappa shape index (κ2) is 8.83. The van der Waals surface area contributed by atoms with Crippen molar-refractivity contribution in [3.05, 3.63) is 30.4 Å². The molecule has 0 spiro atoms. The van der Waals surface area contributed by atoms with Crippen LogP contribution in [0, 0.1) is 12.8 Å². The van der Waals surface area contributed by atoms with Crippen LogP contribution in [0.2, 0.25) is 0 Å². The van der Waals surface area contributed by atoms with Crippen molar-refractivity contribution < 1.29 is 9.59 Å². The maximum Gasteiger partial charge on any atom is 0.224 e. The summed E-state index contributed by atoms with van der Waals surface area (Å²) < 4.78 is 3.59. The maximum absolute atomic E-state index is 12.4. The molecule has 0 atom stereocenters. The van der Waals surface area contributed by atoms with Crippen LogP contribution in [0.3, 0.4) is 0 Å². The van der Waals surface area contributed by atoms with Crippen LogP contribution in [0.15, 0.2) is 24.7 Å². The third-order valence-corrected chi connectivity index (χ3v) is 5.01. The van der Waals surface area contributed by atoms with Gasteiger partial charge in [0, 0.05) is 51.4 Å². The van der Waals surface area contributed by atoms with E-state index in [9.17, 15) is 9.59 Å². The Balaban J connectivity index is 1.37. The lowest BCUT2D eigenvalue weighted by atomic mass is 9.93. The Morgan fingerprint density at radius 2 is 2.04 bits per heavy atom. The zero-order valence-corrected chi connectivity index (χ0v) is 16.1. The number of likely N-dealkylation sites (tertiary alicyclic amines) is 1.